The minimum Gasteiger partial charge on any atom is -0.455 e. The topological polar surface area (TPSA) is 201 Å². The average molecular weight is 872 g/mol. The number of esters is 4. The quantitative estimate of drug-likeness (QED) is 0.102. The smallest absolute Gasteiger partial charge is 0.350 e. The van der Waals surface area contributed by atoms with Gasteiger partial charge in [0, 0.05) is 42.6 Å². The van der Waals surface area contributed by atoms with Crippen molar-refractivity contribution in [1.29, 1.82) is 0 Å². The van der Waals surface area contributed by atoms with E-state index in [9.17, 15) is 34.2 Å². The Bertz CT molecular complexity index is 2250. The van der Waals surface area contributed by atoms with Crippen molar-refractivity contribution in [2.45, 2.75) is 95.7 Å². The van der Waals surface area contributed by atoms with Crippen LogP contribution < -0.4 is 5.32 Å². The lowest BCUT2D eigenvalue weighted by Gasteiger charge is -2.64. The highest BCUT2D eigenvalue weighted by atomic mass is 35.5. The number of nitrogens with one attached hydrogen (secondary N) is 1. The Labute approximate surface area is 363 Å². The molecule has 15 heteroatoms. The maximum atomic E-state index is 15.3. The van der Waals surface area contributed by atoms with Crippen molar-refractivity contribution >= 4 is 47.2 Å². The van der Waals surface area contributed by atoms with Crippen LogP contribution in [0.4, 0.5) is 0 Å². The Morgan fingerprint density at radius 3 is 2.05 bits per heavy atom. The summed E-state index contributed by atoms with van der Waals surface area (Å²) in [5.74, 6) is -7.39. The minimum absolute atomic E-state index is 0.0570. The van der Waals surface area contributed by atoms with Gasteiger partial charge in [0.05, 0.1) is 29.8 Å². The van der Waals surface area contributed by atoms with Crippen LogP contribution in [0.15, 0.2) is 102 Å². The molecule has 7 rings (SSSR count). The molecule has 2 saturated carbocycles. The largest absolute Gasteiger partial charge is 0.455 e. The molecule has 0 aromatic heterocycles. The summed E-state index contributed by atoms with van der Waals surface area (Å²) in [5, 5.41) is 28.3. The van der Waals surface area contributed by atoms with E-state index in [0.29, 0.717) is 5.56 Å². The molecule has 1 amide bonds. The number of aliphatic hydroxyl groups excluding tert-OH is 1. The summed E-state index contributed by atoms with van der Waals surface area (Å²) in [6.45, 7) is 7.59. The summed E-state index contributed by atoms with van der Waals surface area (Å²) in [6, 6.07) is 23.2. The van der Waals surface area contributed by atoms with Crippen molar-refractivity contribution in [2.75, 3.05) is 12.5 Å². The monoisotopic (exact) mass is 871 g/mol. The van der Waals surface area contributed by atoms with Gasteiger partial charge in [-0.2, -0.15) is 0 Å². The predicted octanol–water partition coefficient (Wildman–Crippen LogP) is 4.84. The molecular formula is C47H50ClNO13. The standard InChI is InChI=1S/C47H50ClNO13/c1-25-32(60-44(56)39(61-34(52)23-48)37(27-15-9-6-10-16-27)49-42(54)28-17-11-7-12-18-28)22-47(57)41(62-43(55)29-19-13-8-14-20-29)36-30-24-58-31(30)21-33(51)46(36,5)40(53)38(59-26(2)50)35(25)45(47,3)4/h6-20,30-33,36-39,41,51,57H,21-24H2,1-5H3,(H,49,54)/t30-,31-,32+,33+,36+,37+,38-,39-,41+,46-,47-/m1/s1. The van der Waals surface area contributed by atoms with Crippen molar-refractivity contribution in [3.63, 3.8) is 0 Å². The molecule has 1 heterocycles. The van der Waals surface area contributed by atoms with Gasteiger partial charge < -0.3 is 39.2 Å². The highest BCUT2D eigenvalue weighted by molar-refractivity contribution is 6.26. The fraction of sp³-hybridized carbons (Fsp3) is 0.447. The Balaban J connectivity index is 1.38. The number of Topliss-reactive ketones (excluding diaryl/α,β-unsaturated/α-hetero) is 1. The van der Waals surface area contributed by atoms with E-state index < -0.39 is 119 Å². The zero-order valence-electron chi connectivity index (χ0n) is 34.9. The lowest BCUT2D eigenvalue weighted by molar-refractivity contribution is -0.277. The molecule has 3 aliphatic carbocycles. The molecule has 3 N–H and O–H groups in total. The number of halogens is 1. The number of fused-ring (bicyclic) bond motifs is 5. The van der Waals surface area contributed by atoms with E-state index in [0.717, 1.165) is 6.92 Å². The molecule has 0 spiro atoms. The van der Waals surface area contributed by atoms with Gasteiger partial charge in [0.1, 0.15) is 29.7 Å². The van der Waals surface area contributed by atoms with Crippen molar-refractivity contribution in [3.8, 4) is 0 Å². The van der Waals surface area contributed by atoms with Crippen LogP contribution in [0.25, 0.3) is 0 Å². The number of benzene rings is 3. The lowest BCUT2D eigenvalue weighted by atomic mass is 9.46. The van der Waals surface area contributed by atoms with Crippen LogP contribution in [-0.2, 0) is 42.9 Å². The van der Waals surface area contributed by atoms with Gasteiger partial charge in [0.15, 0.2) is 11.9 Å². The highest BCUT2D eigenvalue weighted by Gasteiger charge is 2.72. The number of carbonyl (C=O) groups is 6. The van der Waals surface area contributed by atoms with E-state index >= 15 is 4.79 Å². The second-order valence-electron chi connectivity index (χ2n) is 17.2. The van der Waals surface area contributed by atoms with Crippen LogP contribution in [0.3, 0.4) is 0 Å². The number of hydrogen-bond acceptors (Lipinski definition) is 13. The van der Waals surface area contributed by atoms with Crippen molar-refractivity contribution in [1.82, 2.24) is 5.32 Å². The first kappa shape index (κ1) is 44.6. The van der Waals surface area contributed by atoms with Crippen LogP contribution in [0.1, 0.15) is 79.8 Å². The van der Waals surface area contributed by atoms with Crippen LogP contribution in [0, 0.1) is 22.7 Å². The second-order valence-corrected chi connectivity index (χ2v) is 17.5. The molecule has 3 aromatic carbocycles. The zero-order chi connectivity index (χ0) is 44.7. The second kappa shape index (κ2) is 17.4. The van der Waals surface area contributed by atoms with E-state index in [-0.39, 0.29) is 35.3 Å². The normalized spacial score (nSPS) is 30.6. The third-order valence-electron chi connectivity index (χ3n) is 13.4. The average Bonchev–Trinajstić information content (AvgIpc) is 3.25. The van der Waals surface area contributed by atoms with Crippen LogP contribution in [-0.4, -0.2) is 100 Å². The molecule has 14 nitrogen and oxygen atoms in total. The number of ketones is 1. The van der Waals surface area contributed by atoms with Crippen molar-refractivity contribution in [2.24, 2.45) is 22.7 Å². The predicted molar refractivity (Wildman–Crippen MR) is 221 cm³/mol. The first-order valence-corrected chi connectivity index (χ1v) is 21.0. The van der Waals surface area contributed by atoms with Crippen LogP contribution in [0.5, 0.6) is 0 Å². The molecule has 4 aliphatic rings. The van der Waals surface area contributed by atoms with Gasteiger partial charge in [0.2, 0.25) is 6.10 Å². The zero-order valence-corrected chi connectivity index (χ0v) is 35.7. The maximum Gasteiger partial charge on any atom is 0.350 e. The summed E-state index contributed by atoms with van der Waals surface area (Å²) in [4.78, 5) is 83.8. The molecule has 0 radical (unpaired) electrons. The molecule has 62 heavy (non-hydrogen) atoms. The Hall–Kier alpha value is -5.41. The molecule has 1 aliphatic heterocycles. The minimum atomic E-state index is -2.22. The van der Waals surface area contributed by atoms with E-state index in [1.54, 1.807) is 99.6 Å². The molecule has 3 aromatic rings. The summed E-state index contributed by atoms with van der Waals surface area (Å²) in [6.07, 6.45) is -8.88. The molecule has 2 bridgehead atoms. The van der Waals surface area contributed by atoms with E-state index in [4.69, 9.17) is 35.3 Å². The Kier molecular flexibility index (Phi) is 12.5. The number of amides is 1. The summed E-state index contributed by atoms with van der Waals surface area (Å²) >= 11 is 5.90. The van der Waals surface area contributed by atoms with Gasteiger partial charge in [-0.05, 0) is 54.8 Å². The molecule has 0 unspecified atom stereocenters. The van der Waals surface area contributed by atoms with Crippen LogP contribution in [0.2, 0.25) is 0 Å². The van der Waals surface area contributed by atoms with Crippen molar-refractivity contribution in [3.05, 3.63) is 119 Å². The van der Waals surface area contributed by atoms with Gasteiger partial charge in [-0.1, -0.05) is 80.6 Å². The van der Waals surface area contributed by atoms with Crippen LogP contribution >= 0.6 is 11.6 Å². The van der Waals surface area contributed by atoms with Gasteiger partial charge in [-0.3, -0.25) is 19.2 Å². The fourth-order valence-electron chi connectivity index (χ4n) is 10.0. The molecule has 11 atom stereocenters. The van der Waals surface area contributed by atoms with E-state index in [2.05, 4.69) is 5.32 Å². The molecule has 3 fully saturated rings. The SMILES string of the molecule is CC(=O)O[C@H]1C(=O)[C@@]2(C)[C@@H]([C@@H]3CO[C@@H]3C[C@@H]2O)[C@H](OC(=O)c2ccccc2)[C@]2(O)C[C@H](OC(=O)[C@H](OC(=O)CCl)[C@@H](NC(=O)c3ccccc3)c3ccccc3)C(C)=C1C2(C)C. The van der Waals surface area contributed by atoms with Gasteiger partial charge in [-0.15, -0.1) is 11.6 Å². The first-order valence-electron chi connectivity index (χ1n) is 20.5. The lowest BCUT2D eigenvalue weighted by Crippen LogP contribution is -2.75. The van der Waals surface area contributed by atoms with Gasteiger partial charge in [0.25, 0.3) is 5.91 Å². The molecule has 1 saturated heterocycles. The van der Waals surface area contributed by atoms with Crippen molar-refractivity contribution < 1.29 is 62.7 Å². The third kappa shape index (κ3) is 7.82. The van der Waals surface area contributed by atoms with E-state index in [1.807, 2.05) is 0 Å². The number of aliphatic hydroxyl groups is 2. The summed E-state index contributed by atoms with van der Waals surface area (Å²) in [7, 11) is 0. The number of alkyl halides is 1. The molecular weight excluding hydrogens is 822 g/mol. The number of carbonyl (C=O) groups excluding carboxylic acids is 6. The number of hydrogen-bond donors (Lipinski definition) is 3. The fourth-order valence-corrected chi connectivity index (χ4v) is 10.1. The maximum absolute atomic E-state index is 15.3. The summed E-state index contributed by atoms with van der Waals surface area (Å²) in [5.41, 5.74) is -4.49. The first-order chi connectivity index (χ1) is 29.4. The molecule has 328 valence electrons. The Morgan fingerprint density at radius 2 is 1.48 bits per heavy atom. The Morgan fingerprint density at radius 1 is 0.887 bits per heavy atom. The highest BCUT2D eigenvalue weighted by Crippen LogP contribution is 2.62. The third-order valence-corrected chi connectivity index (χ3v) is 13.7. The summed E-state index contributed by atoms with van der Waals surface area (Å²) < 4.78 is 30.1. The number of ether oxygens (including phenoxy) is 5. The van der Waals surface area contributed by atoms with Gasteiger partial charge in [-0.25, -0.2) is 9.59 Å². The number of rotatable bonds is 11. The van der Waals surface area contributed by atoms with Gasteiger partial charge >= 0.3 is 23.9 Å². The van der Waals surface area contributed by atoms with E-state index in [1.165, 1.54) is 19.1 Å².